The van der Waals surface area contributed by atoms with Crippen molar-refractivity contribution < 1.29 is 9.59 Å². The molecule has 0 saturated carbocycles. The Hall–Kier alpha value is -2.31. The van der Waals surface area contributed by atoms with Gasteiger partial charge < -0.3 is 4.98 Å². The largest absolute Gasteiger partial charge is 0.350 e. The van der Waals surface area contributed by atoms with Crippen molar-refractivity contribution in [2.75, 3.05) is 0 Å². The summed E-state index contributed by atoms with van der Waals surface area (Å²) in [5, 5.41) is 3.26. The van der Waals surface area contributed by atoms with Gasteiger partial charge in [0.05, 0.1) is 4.88 Å². The molecule has 0 aliphatic carbocycles. The molecule has 22 heavy (non-hydrogen) atoms. The van der Waals surface area contributed by atoms with Crippen LogP contribution in [0.2, 0.25) is 5.02 Å². The Bertz CT molecular complexity index is 869. The molecule has 0 spiro atoms. The number of benzene rings is 1. The molecule has 7 heteroatoms. The van der Waals surface area contributed by atoms with E-state index in [0.717, 1.165) is 16.5 Å². The average molecular weight is 334 g/mol. The monoisotopic (exact) mass is 333 g/mol. The number of hydrogen-bond donors (Lipinski definition) is 3. The Kier molecular flexibility index (Phi) is 3.87. The number of hydrogen-bond acceptors (Lipinski definition) is 3. The van der Waals surface area contributed by atoms with Gasteiger partial charge in [-0.25, -0.2) is 0 Å². The van der Waals surface area contributed by atoms with Crippen LogP contribution in [0.15, 0.2) is 35.7 Å². The molecule has 2 amide bonds. The molecular weight excluding hydrogens is 322 g/mol. The van der Waals surface area contributed by atoms with Crippen LogP contribution < -0.4 is 10.9 Å². The summed E-state index contributed by atoms with van der Waals surface area (Å²) >= 11 is 7.24. The third-order valence-corrected chi connectivity index (χ3v) is 4.44. The molecule has 5 nitrogen and oxygen atoms in total. The third-order valence-electron chi connectivity index (χ3n) is 3.19. The number of aromatic nitrogens is 1. The van der Waals surface area contributed by atoms with Gasteiger partial charge in [-0.15, -0.1) is 11.3 Å². The van der Waals surface area contributed by atoms with Gasteiger partial charge in [-0.2, -0.15) is 0 Å². The normalized spacial score (nSPS) is 10.6. The number of carbonyl (C=O) groups excluding carboxylic acids is 2. The zero-order chi connectivity index (χ0) is 15.7. The zero-order valence-electron chi connectivity index (χ0n) is 11.6. The highest BCUT2D eigenvalue weighted by atomic mass is 35.5. The fraction of sp³-hybridized carbons (Fsp3) is 0.0667. The minimum Gasteiger partial charge on any atom is -0.350 e. The van der Waals surface area contributed by atoms with E-state index >= 15 is 0 Å². The summed E-state index contributed by atoms with van der Waals surface area (Å²) in [5.41, 5.74) is 6.82. The van der Waals surface area contributed by atoms with Crippen molar-refractivity contribution in [2.24, 2.45) is 0 Å². The molecule has 2 heterocycles. The molecule has 0 bridgehead atoms. The lowest BCUT2D eigenvalue weighted by molar-refractivity contribution is 0.0846. The first-order valence-corrected chi connectivity index (χ1v) is 7.73. The molecule has 112 valence electrons. The highest BCUT2D eigenvalue weighted by Crippen LogP contribution is 2.20. The molecule has 0 fully saturated rings. The summed E-state index contributed by atoms with van der Waals surface area (Å²) in [6.07, 6.45) is 0. The summed E-state index contributed by atoms with van der Waals surface area (Å²) < 4.78 is 0. The maximum absolute atomic E-state index is 12.1. The number of amides is 2. The van der Waals surface area contributed by atoms with Crippen molar-refractivity contribution >= 4 is 45.7 Å². The predicted molar refractivity (Wildman–Crippen MR) is 87.3 cm³/mol. The zero-order valence-corrected chi connectivity index (χ0v) is 13.1. The minimum atomic E-state index is -0.421. The summed E-state index contributed by atoms with van der Waals surface area (Å²) in [6.45, 7) is 1.84. The van der Waals surface area contributed by atoms with Gasteiger partial charge in [-0.05, 0) is 48.2 Å². The van der Waals surface area contributed by atoms with Crippen molar-refractivity contribution in [3.8, 4) is 0 Å². The van der Waals surface area contributed by atoms with Crippen molar-refractivity contribution in [2.45, 2.75) is 6.92 Å². The number of halogens is 1. The molecular formula is C15H12ClN3O2S. The van der Waals surface area contributed by atoms with Crippen LogP contribution in [0.4, 0.5) is 0 Å². The van der Waals surface area contributed by atoms with Crippen LogP contribution in [0.5, 0.6) is 0 Å². The summed E-state index contributed by atoms with van der Waals surface area (Å²) in [4.78, 5) is 27.6. The molecule has 3 aromatic rings. The van der Waals surface area contributed by atoms with Crippen molar-refractivity contribution in [3.63, 3.8) is 0 Å². The number of aryl methyl sites for hydroxylation is 1. The number of nitrogens with one attached hydrogen (secondary N) is 3. The van der Waals surface area contributed by atoms with Crippen molar-refractivity contribution in [1.29, 1.82) is 0 Å². The van der Waals surface area contributed by atoms with Crippen LogP contribution in [-0.4, -0.2) is 16.8 Å². The van der Waals surface area contributed by atoms with Gasteiger partial charge in [0, 0.05) is 15.9 Å². The smallest absolute Gasteiger partial charge is 0.286 e. The molecule has 0 aliphatic rings. The fourth-order valence-corrected chi connectivity index (χ4v) is 3.07. The van der Waals surface area contributed by atoms with E-state index in [-0.39, 0.29) is 5.91 Å². The van der Waals surface area contributed by atoms with E-state index in [1.807, 2.05) is 18.4 Å². The first kappa shape index (κ1) is 14.6. The molecule has 0 unspecified atom stereocenters. The van der Waals surface area contributed by atoms with Gasteiger partial charge >= 0.3 is 0 Å². The average Bonchev–Trinajstić information content (AvgIpc) is 3.09. The van der Waals surface area contributed by atoms with E-state index < -0.39 is 5.91 Å². The van der Waals surface area contributed by atoms with Gasteiger partial charge in [0.15, 0.2) is 0 Å². The lowest BCUT2D eigenvalue weighted by atomic mass is 10.2. The van der Waals surface area contributed by atoms with Crippen LogP contribution in [0.3, 0.4) is 0 Å². The molecule has 3 N–H and O–H groups in total. The first-order valence-electron chi connectivity index (χ1n) is 6.47. The molecule has 3 rings (SSSR count). The van der Waals surface area contributed by atoms with E-state index in [0.29, 0.717) is 15.6 Å². The number of aromatic amines is 1. The standard InChI is InChI=1S/C15H12ClN3O2S/c1-8-4-5-22-13(8)15(21)19-18-14(20)12-7-9-6-10(16)2-3-11(9)17-12/h2-7,17H,1H3,(H,18,20)(H,19,21). The SMILES string of the molecule is Cc1ccsc1C(=O)NNC(=O)c1cc2cc(Cl)ccc2[nH]1. The fourth-order valence-electron chi connectivity index (χ4n) is 2.07. The Morgan fingerprint density at radius 1 is 1.14 bits per heavy atom. The van der Waals surface area contributed by atoms with Crippen LogP contribution in [0, 0.1) is 6.92 Å². The van der Waals surface area contributed by atoms with E-state index in [1.54, 1.807) is 24.3 Å². The number of rotatable bonds is 2. The first-order chi connectivity index (χ1) is 10.5. The number of fused-ring (bicyclic) bond motifs is 1. The Morgan fingerprint density at radius 2 is 1.91 bits per heavy atom. The highest BCUT2D eigenvalue weighted by molar-refractivity contribution is 7.12. The van der Waals surface area contributed by atoms with Crippen LogP contribution in [0.1, 0.15) is 25.7 Å². The third kappa shape index (κ3) is 2.84. The maximum Gasteiger partial charge on any atom is 0.286 e. The second-order valence-electron chi connectivity index (χ2n) is 4.76. The van der Waals surface area contributed by atoms with Crippen LogP contribution in [0.25, 0.3) is 10.9 Å². The Labute approximate surface area is 135 Å². The topological polar surface area (TPSA) is 74.0 Å². The quantitative estimate of drug-likeness (QED) is 0.630. The molecule has 1 aromatic carbocycles. The lowest BCUT2D eigenvalue weighted by Crippen LogP contribution is -2.41. The van der Waals surface area contributed by atoms with Crippen LogP contribution >= 0.6 is 22.9 Å². The van der Waals surface area contributed by atoms with Gasteiger partial charge in [0.1, 0.15) is 5.69 Å². The second-order valence-corrected chi connectivity index (χ2v) is 6.11. The van der Waals surface area contributed by atoms with Crippen molar-refractivity contribution in [1.82, 2.24) is 15.8 Å². The predicted octanol–water partition coefficient (Wildman–Crippen LogP) is 3.27. The highest BCUT2D eigenvalue weighted by Gasteiger charge is 2.13. The number of carbonyl (C=O) groups is 2. The Balaban J connectivity index is 1.71. The molecule has 0 radical (unpaired) electrons. The second kappa shape index (κ2) is 5.82. The minimum absolute atomic E-state index is 0.333. The summed E-state index contributed by atoms with van der Waals surface area (Å²) in [5.74, 6) is -0.755. The van der Waals surface area contributed by atoms with Gasteiger partial charge in [-0.3, -0.25) is 20.4 Å². The Morgan fingerprint density at radius 3 is 2.64 bits per heavy atom. The molecule has 0 aliphatic heterocycles. The maximum atomic E-state index is 12.1. The number of thiophene rings is 1. The lowest BCUT2D eigenvalue weighted by Gasteiger charge is -2.05. The van der Waals surface area contributed by atoms with E-state index in [4.69, 9.17) is 11.6 Å². The summed E-state index contributed by atoms with van der Waals surface area (Å²) in [6, 6.07) is 8.82. The van der Waals surface area contributed by atoms with E-state index in [9.17, 15) is 9.59 Å². The van der Waals surface area contributed by atoms with E-state index in [1.165, 1.54) is 11.3 Å². The van der Waals surface area contributed by atoms with Gasteiger partial charge in [-0.1, -0.05) is 11.6 Å². The number of hydrazine groups is 1. The summed E-state index contributed by atoms with van der Waals surface area (Å²) in [7, 11) is 0. The van der Waals surface area contributed by atoms with Gasteiger partial charge in [0.2, 0.25) is 0 Å². The van der Waals surface area contributed by atoms with Crippen LogP contribution in [-0.2, 0) is 0 Å². The molecule has 0 atom stereocenters. The molecule has 0 saturated heterocycles. The number of H-pyrrole nitrogens is 1. The molecule has 2 aromatic heterocycles. The van der Waals surface area contributed by atoms with E-state index in [2.05, 4.69) is 15.8 Å². The van der Waals surface area contributed by atoms with Gasteiger partial charge in [0.25, 0.3) is 11.8 Å². The van der Waals surface area contributed by atoms with Crippen molar-refractivity contribution in [3.05, 3.63) is 56.9 Å².